The van der Waals surface area contributed by atoms with E-state index >= 15 is 0 Å². The van der Waals surface area contributed by atoms with Crippen molar-refractivity contribution >= 4 is 27.7 Å². The molecule has 1 aromatic carbocycles. The van der Waals surface area contributed by atoms with Crippen molar-refractivity contribution in [1.29, 1.82) is 0 Å². The molecular formula is C14H20BrNS. The fourth-order valence-electron chi connectivity index (χ4n) is 2.73. The minimum absolute atomic E-state index is 0.418. The fourth-order valence-corrected chi connectivity index (χ4v) is 4.51. The summed E-state index contributed by atoms with van der Waals surface area (Å²) in [7, 11) is 2.09. The summed E-state index contributed by atoms with van der Waals surface area (Å²) in [6.45, 7) is 4.74. The molecule has 1 fully saturated rings. The van der Waals surface area contributed by atoms with Gasteiger partial charge >= 0.3 is 0 Å². The van der Waals surface area contributed by atoms with Crippen molar-refractivity contribution in [3.05, 3.63) is 28.7 Å². The number of hydrogen-bond donors (Lipinski definition) is 1. The molecule has 3 heteroatoms. The van der Waals surface area contributed by atoms with Crippen molar-refractivity contribution in [1.82, 2.24) is 5.32 Å². The van der Waals surface area contributed by atoms with Gasteiger partial charge in [0.2, 0.25) is 0 Å². The van der Waals surface area contributed by atoms with E-state index in [1.165, 1.54) is 17.7 Å². The third kappa shape index (κ3) is 3.07. The zero-order chi connectivity index (χ0) is 12.5. The largest absolute Gasteiger partial charge is 0.315 e. The smallest absolute Gasteiger partial charge is 0.0253 e. The SMILES string of the molecule is CNC1C(Sc2ccc(Br)cc2)CCC1(C)C. The number of thioether (sulfide) groups is 1. The van der Waals surface area contributed by atoms with E-state index in [9.17, 15) is 0 Å². The molecule has 0 saturated heterocycles. The molecule has 0 aliphatic heterocycles. The molecule has 2 atom stereocenters. The van der Waals surface area contributed by atoms with Gasteiger partial charge in [0.1, 0.15) is 0 Å². The molecule has 0 spiro atoms. The lowest BCUT2D eigenvalue weighted by Crippen LogP contribution is -2.41. The van der Waals surface area contributed by atoms with E-state index in [1.54, 1.807) is 0 Å². The quantitative estimate of drug-likeness (QED) is 0.892. The molecule has 0 aromatic heterocycles. The van der Waals surface area contributed by atoms with Gasteiger partial charge in [-0.1, -0.05) is 29.8 Å². The summed E-state index contributed by atoms with van der Waals surface area (Å²) in [5, 5.41) is 4.20. The second kappa shape index (κ2) is 5.33. The number of hydrogen-bond acceptors (Lipinski definition) is 2. The number of nitrogens with one attached hydrogen (secondary N) is 1. The van der Waals surface area contributed by atoms with E-state index in [0.717, 1.165) is 4.47 Å². The lowest BCUT2D eigenvalue weighted by Gasteiger charge is -2.30. The van der Waals surface area contributed by atoms with Gasteiger partial charge in [0.05, 0.1) is 0 Å². The molecule has 0 amide bonds. The fraction of sp³-hybridized carbons (Fsp3) is 0.571. The van der Waals surface area contributed by atoms with Crippen molar-refractivity contribution in [3.63, 3.8) is 0 Å². The number of halogens is 1. The van der Waals surface area contributed by atoms with Gasteiger partial charge in [-0.3, -0.25) is 0 Å². The van der Waals surface area contributed by atoms with Crippen LogP contribution in [-0.4, -0.2) is 18.3 Å². The van der Waals surface area contributed by atoms with Gasteiger partial charge in [-0.25, -0.2) is 0 Å². The maximum absolute atomic E-state index is 3.51. The van der Waals surface area contributed by atoms with Crippen molar-refractivity contribution < 1.29 is 0 Å². The zero-order valence-corrected chi connectivity index (χ0v) is 13.1. The Labute approximate surface area is 117 Å². The van der Waals surface area contributed by atoms with Crippen molar-refractivity contribution in [3.8, 4) is 0 Å². The highest BCUT2D eigenvalue weighted by Gasteiger charge is 2.41. The monoisotopic (exact) mass is 313 g/mol. The van der Waals surface area contributed by atoms with Crippen LogP contribution >= 0.6 is 27.7 Å². The molecular weight excluding hydrogens is 294 g/mol. The Morgan fingerprint density at radius 1 is 1.29 bits per heavy atom. The maximum Gasteiger partial charge on any atom is 0.0253 e. The molecule has 2 unspecified atom stereocenters. The molecule has 17 heavy (non-hydrogen) atoms. The summed E-state index contributed by atoms with van der Waals surface area (Å²) in [5.74, 6) is 0. The van der Waals surface area contributed by atoms with Crippen LogP contribution in [0.1, 0.15) is 26.7 Å². The molecule has 0 bridgehead atoms. The summed E-state index contributed by atoms with van der Waals surface area (Å²) in [6.07, 6.45) is 2.62. The second-order valence-electron chi connectivity index (χ2n) is 5.40. The third-order valence-corrected chi connectivity index (χ3v) is 5.58. The van der Waals surface area contributed by atoms with Crippen molar-refractivity contribution in [2.75, 3.05) is 7.05 Å². The van der Waals surface area contributed by atoms with Gasteiger partial charge in [0.25, 0.3) is 0 Å². The number of benzene rings is 1. The Balaban J connectivity index is 2.07. The Morgan fingerprint density at radius 2 is 1.94 bits per heavy atom. The predicted molar refractivity (Wildman–Crippen MR) is 79.6 cm³/mol. The first-order chi connectivity index (χ1) is 8.03. The van der Waals surface area contributed by atoms with Crippen LogP contribution in [0.25, 0.3) is 0 Å². The molecule has 1 aliphatic carbocycles. The molecule has 94 valence electrons. The molecule has 1 N–H and O–H groups in total. The summed E-state index contributed by atoms with van der Waals surface area (Å²) in [4.78, 5) is 1.37. The maximum atomic E-state index is 3.51. The van der Waals surface area contributed by atoms with Crippen molar-refractivity contribution in [2.24, 2.45) is 5.41 Å². The van der Waals surface area contributed by atoms with Crippen LogP contribution in [0.5, 0.6) is 0 Å². The Morgan fingerprint density at radius 3 is 2.53 bits per heavy atom. The van der Waals surface area contributed by atoms with Gasteiger partial charge in [0, 0.05) is 20.7 Å². The first-order valence-corrected chi connectivity index (χ1v) is 7.80. The van der Waals surface area contributed by atoms with Gasteiger partial charge in [-0.2, -0.15) is 0 Å². The van der Waals surface area contributed by atoms with Gasteiger partial charge in [0.15, 0.2) is 0 Å². The molecule has 2 rings (SSSR count). The van der Waals surface area contributed by atoms with E-state index < -0.39 is 0 Å². The van der Waals surface area contributed by atoms with Gasteiger partial charge in [-0.15, -0.1) is 11.8 Å². The van der Waals surface area contributed by atoms with E-state index in [0.29, 0.717) is 16.7 Å². The van der Waals surface area contributed by atoms with Crippen molar-refractivity contribution in [2.45, 2.75) is 42.9 Å². The van der Waals surface area contributed by atoms with Crippen LogP contribution in [0.4, 0.5) is 0 Å². The van der Waals surface area contributed by atoms with E-state index in [2.05, 4.69) is 66.4 Å². The van der Waals surface area contributed by atoms with E-state index in [-0.39, 0.29) is 0 Å². The van der Waals surface area contributed by atoms with Crippen LogP contribution < -0.4 is 5.32 Å². The summed E-state index contributed by atoms with van der Waals surface area (Å²) >= 11 is 5.49. The van der Waals surface area contributed by atoms with E-state index in [4.69, 9.17) is 0 Å². The minimum Gasteiger partial charge on any atom is -0.315 e. The average Bonchev–Trinajstić information content (AvgIpc) is 2.57. The number of rotatable bonds is 3. The first-order valence-electron chi connectivity index (χ1n) is 6.12. The minimum atomic E-state index is 0.418. The topological polar surface area (TPSA) is 12.0 Å². The normalized spacial score (nSPS) is 27.3. The lowest BCUT2D eigenvalue weighted by atomic mass is 9.87. The van der Waals surface area contributed by atoms with Crippen LogP contribution in [-0.2, 0) is 0 Å². The van der Waals surface area contributed by atoms with Crippen LogP contribution in [0.15, 0.2) is 33.6 Å². The Bertz CT molecular complexity index is 374. The molecule has 0 heterocycles. The summed E-state index contributed by atoms with van der Waals surface area (Å²) in [6, 6.07) is 9.25. The van der Waals surface area contributed by atoms with Crippen LogP contribution in [0.2, 0.25) is 0 Å². The second-order valence-corrected chi connectivity index (χ2v) is 7.63. The first kappa shape index (κ1) is 13.4. The molecule has 1 saturated carbocycles. The lowest BCUT2D eigenvalue weighted by molar-refractivity contribution is 0.300. The predicted octanol–water partition coefficient (Wildman–Crippen LogP) is 4.32. The molecule has 1 nitrogen and oxygen atoms in total. The van der Waals surface area contributed by atoms with Gasteiger partial charge in [-0.05, 0) is 49.6 Å². The highest BCUT2D eigenvalue weighted by atomic mass is 79.9. The molecule has 1 aliphatic rings. The Kier molecular flexibility index (Phi) is 4.22. The summed E-state index contributed by atoms with van der Waals surface area (Å²) < 4.78 is 1.15. The van der Waals surface area contributed by atoms with E-state index in [1.807, 2.05) is 11.8 Å². The molecule has 0 radical (unpaired) electrons. The highest BCUT2D eigenvalue weighted by Crippen LogP contribution is 2.44. The summed E-state index contributed by atoms with van der Waals surface area (Å²) in [5.41, 5.74) is 0.418. The Hall–Kier alpha value is 0.01000. The zero-order valence-electron chi connectivity index (χ0n) is 10.7. The molecule has 1 aromatic rings. The standard InChI is InChI=1S/C14H20BrNS/c1-14(2)9-8-12(13(14)16-3)17-11-6-4-10(15)5-7-11/h4-7,12-13,16H,8-9H2,1-3H3. The van der Waals surface area contributed by atoms with Gasteiger partial charge < -0.3 is 5.32 Å². The highest BCUT2D eigenvalue weighted by molar-refractivity contribution is 9.10. The van der Waals surface area contributed by atoms with Crippen LogP contribution in [0, 0.1) is 5.41 Å². The third-order valence-electron chi connectivity index (χ3n) is 3.70. The average molecular weight is 314 g/mol. The van der Waals surface area contributed by atoms with Crippen LogP contribution in [0.3, 0.4) is 0 Å².